The van der Waals surface area contributed by atoms with Crippen LogP contribution in [0.15, 0.2) is 30.5 Å². The van der Waals surface area contributed by atoms with Crippen molar-refractivity contribution in [1.82, 2.24) is 9.88 Å². The maximum Gasteiger partial charge on any atom is 0.185 e. The van der Waals surface area contributed by atoms with Crippen LogP contribution >= 0.6 is 11.3 Å². The van der Waals surface area contributed by atoms with E-state index in [1.807, 2.05) is 11.3 Å². The molecule has 1 atom stereocenters. The molecule has 1 unspecified atom stereocenters. The number of ether oxygens (including phenoxy) is 1. The van der Waals surface area contributed by atoms with Gasteiger partial charge in [0.25, 0.3) is 0 Å². The first-order chi connectivity index (χ1) is 13.7. The van der Waals surface area contributed by atoms with E-state index in [0.29, 0.717) is 12.0 Å². The minimum absolute atomic E-state index is 0.519. The molecule has 152 valence electrons. The Hall–Kier alpha value is -1.63. The second-order valence-electron chi connectivity index (χ2n) is 8.20. The molecule has 5 nitrogen and oxygen atoms in total. The van der Waals surface area contributed by atoms with Crippen LogP contribution in [-0.2, 0) is 11.3 Å². The highest BCUT2D eigenvalue weighted by Crippen LogP contribution is 2.26. The number of thiazole rings is 1. The Balaban J connectivity index is 1.30. The summed E-state index contributed by atoms with van der Waals surface area (Å²) in [7, 11) is 0. The lowest BCUT2D eigenvalue weighted by Gasteiger charge is -2.33. The summed E-state index contributed by atoms with van der Waals surface area (Å²) in [6, 6.07) is 9.47. The maximum absolute atomic E-state index is 5.45. The number of nitrogens with one attached hydrogen (secondary N) is 1. The minimum Gasteiger partial charge on any atom is -0.381 e. The fraction of sp³-hybridized carbons (Fsp3) is 0.591. The number of nitrogens with zero attached hydrogens (tertiary/aromatic N) is 3. The van der Waals surface area contributed by atoms with Gasteiger partial charge in [-0.3, -0.25) is 4.90 Å². The Kier molecular flexibility index (Phi) is 6.50. The van der Waals surface area contributed by atoms with Crippen molar-refractivity contribution in [1.29, 1.82) is 0 Å². The number of hydrogen-bond acceptors (Lipinski definition) is 6. The van der Waals surface area contributed by atoms with Crippen LogP contribution in [0.3, 0.4) is 0 Å². The predicted molar refractivity (Wildman–Crippen MR) is 118 cm³/mol. The summed E-state index contributed by atoms with van der Waals surface area (Å²) >= 11 is 1.84. The van der Waals surface area contributed by atoms with Crippen LogP contribution in [-0.4, -0.2) is 55.3 Å². The molecule has 1 aromatic carbocycles. The van der Waals surface area contributed by atoms with Gasteiger partial charge in [-0.05, 0) is 43.0 Å². The zero-order valence-corrected chi connectivity index (χ0v) is 17.9. The van der Waals surface area contributed by atoms with Crippen molar-refractivity contribution in [3.05, 3.63) is 40.9 Å². The summed E-state index contributed by atoms with van der Waals surface area (Å²) in [5.74, 6) is 0.584. The number of aromatic nitrogens is 1. The molecule has 1 aromatic heterocycles. The summed E-state index contributed by atoms with van der Waals surface area (Å²) in [6.45, 7) is 11.3. The highest BCUT2D eigenvalue weighted by atomic mass is 32.1. The van der Waals surface area contributed by atoms with E-state index in [9.17, 15) is 0 Å². The van der Waals surface area contributed by atoms with Gasteiger partial charge in [0.2, 0.25) is 0 Å². The molecule has 6 heteroatoms. The molecule has 0 saturated carbocycles. The Morgan fingerprint density at radius 3 is 2.71 bits per heavy atom. The van der Waals surface area contributed by atoms with Crippen LogP contribution in [0.1, 0.15) is 43.0 Å². The van der Waals surface area contributed by atoms with Gasteiger partial charge in [-0.15, -0.1) is 11.3 Å². The molecule has 2 aliphatic heterocycles. The SMILES string of the molecule is CC(C)c1ccc(NC2CCCN(Cc3cnc(N4CCOCC4)s3)C2)cc1. The van der Waals surface area contributed by atoms with E-state index >= 15 is 0 Å². The van der Waals surface area contributed by atoms with Gasteiger partial charge < -0.3 is 15.0 Å². The zero-order chi connectivity index (χ0) is 19.3. The van der Waals surface area contributed by atoms with Crippen molar-refractivity contribution in [2.75, 3.05) is 49.6 Å². The van der Waals surface area contributed by atoms with Crippen molar-refractivity contribution < 1.29 is 4.74 Å². The Morgan fingerprint density at radius 1 is 1.18 bits per heavy atom. The van der Waals surface area contributed by atoms with Gasteiger partial charge in [0.05, 0.1) is 13.2 Å². The second kappa shape index (κ2) is 9.25. The molecule has 0 aliphatic carbocycles. The number of morpholine rings is 1. The third-order valence-electron chi connectivity index (χ3n) is 5.66. The summed E-state index contributed by atoms with van der Waals surface area (Å²) < 4.78 is 5.45. The van der Waals surface area contributed by atoms with Gasteiger partial charge >= 0.3 is 0 Å². The molecule has 3 heterocycles. The summed E-state index contributed by atoms with van der Waals surface area (Å²) in [6.07, 6.45) is 4.55. The van der Waals surface area contributed by atoms with E-state index < -0.39 is 0 Å². The molecule has 4 rings (SSSR count). The number of anilines is 2. The second-order valence-corrected chi connectivity index (χ2v) is 9.30. The van der Waals surface area contributed by atoms with Gasteiger partial charge in [0, 0.05) is 49.0 Å². The first-order valence-electron chi connectivity index (χ1n) is 10.5. The first-order valence-corrected chi connectivity index (χ1v) is 11.4. The van der Waals surface area contributed by atoms with Gasteiger partial charge in [-0.2, -0.15) is 0 Å². The van der Waals surface area contributed by atoms with Gasteiger partial charge in [0.15, 0.2) is 5.13 Å². The van der Waals surface area contributed by atoms with Gasteiger partial charge in [0.1, 0.15) is 0 Å². The van der Waals surface area contributed by atoms with Crippen LogP contribution in [0, 0.1) is 0 Å². The molecule has 0 amide bonds. The highest BCUT2D eigenvalue weighted by molar-refractivity contribution is 7.15. The summed E-state index contributed by atoms with van der Waals surface area (Å²) in [5, 5.41) is 4.89. The quantitative estimate of drug-likeness (QED) is 0.788. The third kappa shape index (κ3) is 5.04. The van der Waals surface area contributed by atoms with Crippen LogP contribution in [0.2, 0.25) is 0 Å². The topological polar surface area (TPSA) is 40.6 Å². The monoisotopic (exact) mass is 400 g/mol. The average molecular weight is 401 g/mol. The van der Waals surface area contributed by atoms with E-state index in [-0.39, 0.29) is 0 Å². The molecule has 2 aliphatic rings. The summed E-state index contributed by atoms with van der Waals surface area (Å²) in [4.78, 5) is 10.9. The van der Waals surface area contributed by atoms with Crippen molar-refractivity contribution in [3.63, 3.8) is 0 Å². The maximum atomic E-state index is 5.45. The van der Waals surface area contributed by atoms with E-state index in [4.69, 9.17) is 4.74 Å². The van der Waals surface area contributed by atoms with Crippen LogP contribution in [0.25, 0.3) is 0 Å². The molecular weight excluding hydrogens is 368 g/mol. The summed E-state index contributed by atoms with van der Waals surface area (Å²) in [5.41, 5.74) is 2.64. The van der Waals surface area contributed by atoms with Crippen molar-refractivity contribution in [2.24, 2.45) is 0 Å². The van der Waals surface area contributed by atoms with Gasteiger partial charge in [-0.25, -0.2) is 4.98 Å². The number of benzene rings is 1. The molecule has 0 spiro atoms. The smallest absolute Gasteiger partial charge is 0.185 e. The predicted octanol–water partition coefficient (Wildman–Crippen LogP) is 4.18. The van der Waals surface area contributed by atoms with Crippen LogP contribution in [0.5, 0.6) is 0 Å². The van der Waals surface area contributed by atoms with Crippen LogP contribution < -0.4 is 10.2 Å². The van der Waals surface area contributed by atoms with E-state index in [1.165, 1.54) is 35.5 Å². The average Bonchev–Trinajstić information content (AvgIpc) is 3.18. The minimum atomic E-state index is 0.519. The van der Waals surface area contributed by atoms with Crippen LogP contribution in [0.4, 0.5) is 10.8 Å². The molecule has 2 aromatic rings. The molecular formula is C22H32N4OS. The molecule has 0 bridgehead atoms. The normalized spacial score (nSPS) is 21.2. The lowest BCUT2D eigenvalue weighted by Crippen LogP contribution is -2.41. The lowest BCUT2D eigenvalue weighted by atomic mass is 10.0. The number of piperidine rings is 1. The largest absolute Gasteiger partial charge is 0.381 e. The Morgan fingerprint density at radius 2 is 1.96 bits per heavy atom. The fourth-order valence-corrected chi connectivity index (χ4v) is 5.01. The zero-order valence-electron chi connectivity index (χ0n) is 17.1. The Labute approximate surface area is 172 Å². The third-order valence-corrected chi connectivity index (χ3v) is 6.70. The molecule has 28 heavy (non-hydrogen) atoms. The van der Waals surface area contributed by atoms with E-state index in [2.05, 4.69) is 64.4 Å². The van der Waals surface area contributed by atoms with Crippen molar-refractivity contribution >= 4 is 22.2 Å². The van der Waals surface area contributed by atoms with Crippen molar-refractivity contribution in [2.45, 2.75) is 45.2 Å². The number of hydrogen-bond donors (Lipinski definition) is 1. The van der Waals surface area contributed by atoms with E-state index in [1.54, 1.807) is 0 Å². The van der Waals surface area contributed by atoms with Crippen molar-refractivity contribution in [3.8, 4) is 0 Å². The lowest BCUT2D eigenvalue weighted by molar-refractivity contribution is 0.122. The molecule has 2 saturated heterocycles. The number of likely N-dealkylation sites (tertiary alicyclic amines) is 1. The van der Waals surface area contributed by atoms with Gasteiger partial charge in [-0.1, -0.05) is 26.0 Å². The number of rotatable bonds is 6. The Bertz CT molecular complexity index is 739. The highest BCUT2D eigenvalue weighted by Gasteiger charge is 2.21. The molecule has 0 radical (unpaired) electrons. The molecule has 1 N–H and O–H groups in total. The molecule has 2 fully saturated rings. The standard InChI is InChI=1S/C22H32N4OS/c1-17(2)18-5-7-19(8-6-18)24-20-4-3-9-25(15-20)16-21-14-23-22(28-21)26-10-12-27-13-11-26/h5-8,14,17,20,24H,3-4,9-13,15-16H2,1-2H3. The first kappa shape index (κ1) is 19.7. The fourth-order valence-electron chi connectivity index (χ4n) is 4.01. The van der Waals surface area contributed by atoms with E-state index in [0.717, 1.165) is 44.5 Å².